The summed E-state index contributed by atoms with van der Waals surface area (Å²) in [4.78, 5) is 24.3. The number of rotatable bonds is 8. The molecule has 2 aromatic heterocycles. The van der Waals surface area contributed by atoms with Gasteiger partial charge >= 0.3 is 0 Å². The molecule has 0 bridgehead atoms. The summed E-state index contributed by atoms with van der Waals surface area (Å²) >= 11 is 1.45. The highest BCUT2D eigenvalue weighted by Gasteiger charge is 2.25. The van der Waals surface area contributed by atoms with Crippen molar-refractivity contribution >= 4 is 42.6 Å². The molecular weight excluding hydrogens is 468 g/mol. The lowest BCUT2D eigenvalue weighted by Crippen LogP contribution is -2.31. The highest BCUT2D eigenvalue weighted by atomic mass is 32.2. The molecule has 1 amide bonds. The number of fused-ring (bicyclic) bond motifs is 1. The Morgan fingerprint density at radius 1 is 1.03 bits per heavy atom. The monoisotopic (exact) mass is 494 g/mol. The van der Waals surface area contributed by atoms with Crippen LogP contribution in [-0.4, -0.2) is 41.7 Å². The van der Waals surface area contributed by atoms with E-state index in [1.807, 2.05) is 31.2 Å². The van der Waals surface area contributed by atoms with Crippen molar-refractivity contribution in [3.8, 4) is 0 Å². The molecule has 176 valence electrons. The van der Waals surface area contributed by atoms with Crippen molar-refractivity contribution in [1.82, 2.24) is 14.3 Å². The maximum atomic E-state index is 13.6. The molecule has 0 radical (unpaired) electrons. The average molecular weight is 495 g/mol. The Kier molecular flexibility index (Phi) is 7.06. The number of thiazole rings is 1. The summed E-state index contributed by atoms with van der Waals surface area (Å²) in [5.41, 5.74) is 3.21. The van der Waals surface area contributed by atoms with Gasteiger partial charge in [-0.2, -0.15) is 4.31 Å². The van der Waals surface area contributed by atoms with Gasteiger partial charge in [-0.25, -0.2) is 13.4 Å². The predicted molar refractivity (Wildman–Crippen MR) is 136 cm³/mol. The summed E-state index contributed by atoms with van der Waals surface area (Å²) in [6.07, 6.45) is 3.41. The molecule has 0 aliphatic carbocycles. The SMILES string of the molecule is CCN(CC)S(=O)(=O)c1ccc(C(=O)N(Cc2cccnc2)c2nc3ccc(C)cc3s2)cc1. The molecule has 0 spiro atoms. The van der Waals surface area contributed by atoms with E-state index in [2.05, 4.69) is 11.1 Å². The molecule has 0 unspecified atom stereocenters. The van der Waals surface area contributed by atoms with Gasteiger partial charge in [-0.1, -0.05) is 37.3 Å². The predicted octanol–water partition coefficient (Wildman–Crippen LogP) is 4.88. The Morgan fingerprint density at radius 3 is 2.41 bits per heavy atom. The molecule has 9 heteroatoms. The first-order chi connectivity index (χ1) is 16.3. The number of anilines is 1. The summed E-state index contributed by atoms with van der Waals surface area (Å²) < 4.78 is 28.0. The minimum atomic E-state index is -3.60. The normalized spacial score (nSPS) is 11.8. The molecular formula is C25H26N4O3S2. The largest absolute Gasteiger partial charge is 0.279 e. The number of aryl methyl sites for hydroxylation is 1. The lowest BCUT2D eigenvalue weighted by Gasteiger charge is -2.21. The minimum absolute atomic E-state index is 0.169. The summed E-state index contributed by atoms with van der Waals surface area (Å²) in [6.45, 7) is 6.69. The first-order valence-electron chi connectivity index (χ1n) is 11.0. The maximum absolute atomic E-state index is 13.6. The van der Waals surface area contributed by atoms with E-state index in [4.69, 9.17) is 4.98 Å². The Labute approximate surface area is 203 Å². The van der Waals surface area contributed by atoms with Crippen molar-refractivity contribution in [2.24, 2.45) is 0 Å². The second-order valence-electron chi connectivity index (χ2n) is 7.83. The zero-order valence-electron chi connectivity index (χ0n) is 19.3. The van der Waals surface area contributed by atoms with Crippen LogP contribution in [0.1, 0.15) is 35.3 Å². The molecule has 0 N–H and O–H groups in total. The molecule has 4 aromatic rings. The van der Waals surface area contributed by atoms with Crippen LogP contribution in [-0.2, 0) is 16.6 Å². The molecule has 2 aromatic carbocycles. The van der Waals surface area contributed by atoms with Crippen molar-refractivity contribution in [3.05, 3.63) is 83.7 Å². The zero-order valence-corrected chi connectivity index (χ0v) is 20.9. The van der Waals surface area contributed by atoms with E-state index < -0.39 is 10.0 Å². The van der Waals surface area contributed by atoms with Gasteiger partial charge < -0.3 is 0 Å². The van der Waals surface area contributed by atoms with Crippen LogP contribution in [0.4, 0.5) is 5.13 Å². The number of sulfonamides is 1. The van der Waals surface area contributed by atoms with Crippen LogP contribution >= 0.6 is 11.3 Å². The van der Waals surface area contributed by atoms with E-state index >= 15 is 0 Å². The number of pyridine rings is 1. The van der Waals surface area contributed by atoms with Gasteiger partial charge in [0.25, 0.3) is 5.91 Å². The summed E-state index contributed by atoms with van der Waals surface area (Å²) in [5, 5.41) is 0.578. The Morgan fingerprint density at radius 2 is 1.76 bits per heavy atom. The average Bonchev–Trinajstić information content (AvgIpc) is 3.26. The van der Waals surface area contributed by atoms with Crippen LogP contribution in [0, 0.1) is 6.92 Å². The minimum Gasteiger partial charge on any atom is -0.279 e. The van der Waals surface area contributed by atoms with Crippen LogP contribution in [0.5, 0.6) is 0 Å². The molecule has 0 saturated carbocycles. The van der Waals surface area contributed by atoms with Gasteiger partial charge in [-0.05, 0) is 60.5 Å². The smallest absolute Gasteiger partial charge is 0.260 e. The zero-order chi connectivity index (χ0) is 24.3. The van der Waals surface area contributed by atoms with Crippen molar-refractivity contribution in [2.75, 3.05) is 18.0 Å². The number of hydrogen-bond acceptors (Lipinski definition) is 6. The third-order valence-corrected chi connectivity index (χ3v) is 8.62. The molecule has 0 aliphatic heterocycles. The second kappa shape index (κ2) is 10.0. The number of carbonyl (C=O) groups excluding carboxylic acids is 1. The maximum Gasteiger partial charge on any atom is 0.260 e. The van der Waals surface area contributed by atoms with Gasteiger partial charge in [0.2, 0.25) is 10.0 Å². The fourth-order valence-corrected chi connectivity index (χ4v) is 6.19. The molecule has 4 rings (SSSR count). The summed E-state index contributed by atoms with van der Waals surface area (Å²) in [5.74, 6) is -0.258. The highest BCUT2D eigenvalue weighted by Crippen LogP contribution is 2.31. The van der Waals surface area contributed by atoms with Gasteiger partial charge in [-0.15, -0.1) is 0 Å². The molecule has 0 atom stereocenters. The van der Waals surface area contributed by atoms with Gasteiger partial charge in [0.05, 0.1) is 21.7 Å². The standard InChI is InChI=1S/C25H26N4O3S2/c1-4-28(5-2)34(31,32)21-11-9-20(10-12-21)24(30)29(17-19-7-6-14-26-16-19)25-27-22-13-8-18(3)15-23(22)33-25/h6-16H,4-5,17H2,1-3H3. The van der Waals surface area contributed by atoms with Crippen LogP contribution in [0.15, 0.2) is 71.9 Å². The van der Waals surface area contributed by atoms with Gasteiger partial charge in [0.1, 0.15) is 0 Å². The van der Waals surface area contributed by atoms with Gasteiger partial charge in [-0.3, -0.25) is 14.7 Å². The number of carbonyl (C=O) groups is 1. The number of hydrogen-bond donors (Lipinski definition) is 0. The molecule has 0 fully saturated rings. The lowest BCUT2D eigenvalue weighted by molar-refractivity contribution is 0.0985. The van der Waals surface area contributed by atoms with Gasteiger partial charge in [0, 0.05) is 31.0 Å². The number of aromatic nitrogens is 2. The fourth-order valence-electron chi connectivity index (χ4n) is 3.67. The van der Waals surface area contributed by atoms with Crippen molar-refractivity contribution in [3.63, 3.8) is 0 Å². The number of nitrogens with zero attached hydrogens (tertiary/aromatic N) is 4. The summed E-state index contributed by atoms with van der Waals surface area (Å²) in [6, 6.07) is 15.8. The van der Waals surface area contributed by atoms with E-state index in [1.165, 1.54) is 27.8 Å². The van der Waals surface area contributed by atoms with Crippen molar-refractivity contribution < 1.29 is 13.2 Å². The Balaban J connectivity index is 1.70. The van der Waals surface area contributed by atoms with Crippen LogP contribution in [0.2, 0.25) is 0 Å². The van der Waals surface area contributed by atoms with Gasteiger partial charge in [0.15, 0.2) is 5.13 Å². The van der Waals surface area contributed by atoms with Crippen molar-refractivity contribution in [2.45, 2.75) is 32.2 Å². The van der Waals surface area contributed by atoms with Crippen LogP contribution in [0.25, 0.3) is 10.2 Å². The summed E-state index contributed by atoms with van der Waals surface area (Å²) in [7, 11) is -3.60. The van der Waals surface area contributed by atoms with Crippen LogP contribution in [0.3, 0.4) is 0 Å². The number of benzene rings is 2. The Bertz CT molecular complexity index is 1400. The van der Waals surface area contributed by atoms with Crippen LogP contribution < -0.4 is 4.90 Å². The second-order valence-corrected chi connectivity index (χ2v) is 10.8. The molecule has 7 nitrogen and oxygen atoms in total. The third-order valence-electron chi connectivity index (χ3n) is 5.52. The first-order valence-corrected chi connectivity index (χ1v) is 13.3. The molecule has 34 heavy (non-hydrogen) atoms. The van der Waals surface area contributed by atoms with E-state index in [0.717, 1.165) is 21.3 Å². The Hall–Kier alpha value is -3.14. The fraction of sp³-hybridized carbons (Fsp3) is 0.240. The van der Waals surface area contributed by atoms with E-state index in [-0.39, 0.29) is 10.8 Å². The topological polar surface area (TPSA) is 83.5 Å². The quantitative estimate of drug-likeness (QED) is 0.349. The van der Waals surface area contributed by atoms with E-state index in [1.54, 1.807) is 43.3 Å². The molecule has 2 heterocycles. The highest BCUT2D eigenvalue weighted by molar-refractivity contribution is 7.89. The number of amides is 1. The third kappa shape index (κ3) is 4.86. The molecule has 0 saturated heterocycles. The first kappa shape index (κ1) is 24.0. The lowest BCUT2D eigenvalue weighted by atomic mass is 10.2. The van der Waals surface area contributed by atoms with E-state index in [9.17, 15) is 13.2 Å². The molecule has 0 aliphatic rings. The van der Waals surface area contributed by atoms with Crippen molar-refractivity contribution in [1.29, 1.82) is 0 Å². The van der Waals surface area contributed by atoms with E-state index in [0.29, 0.717) is 30.3 Å².